The number of urea groups is 1. The van der Waals surface area contributed by atoms with Crippen LogP contribution in [0.3, 0.4) is 0 Å². The van der Waals surface area contributed by atoms with Gasteiger partial charge < -0.3 is 4.90 Å². The predicted molar refractivity (Wildman–Crippen MR) is 50.7 cm³/mol. The van der Waals surface area contributed by atoms with Gasteiger partial charge in [0.1, 0.15) is 6.54 Å². The molecule has 5 heteroatoms. The van der Waals surface area contributed by atoms with Crippen LogP contribution in [-0.2, 0) is 4.79 Å². The van der Waals surface area contributed by atoms with Crippen LogP contribution in [0.2, 0.25) is 0 Å². The first-order chi connectivity index (χ1) is 6.58. The quantitative estimate of drug-likeness (QED) is 0.614. The molecule has 0 aromatic heterocycles. The largest absolute Gasteiger partial charge is 0.324 e. The van der Waals surface area contributed by atoms with Crippen LogP contribution >= 0.6 is 0 Å². The molecule has 0 saturated carbocycles. The van der Waals surface area contributed by atoms with Gasteiger partial charge in [-0.1, -0.05) is 0 Å². The number of nitrogens with one attached hydrogen (secondary N) is 1. The van der Waals surface area contributed by atoms with Crippen LogP contribution in [0.4, 0.5) is 4.79 Å². The standard InChI is InChI=1S/C9H15N3O2/c1-6(2)11-3-7(4-11)12-5-8(13)10-9(12)14/h6-7H,3-5H2,1-2H3,(H,10,13,14). The molecule has 0 unspecified atom stereocenters. The molecule has 0 spiro atoms. The topological polar surface area (TPSA) is 52.6 Å². The van der Waals surface area contributed by atoms with E-state index < -0.39 is 0 Å². The van der Waals surface area contributed by atoms with E-state index in [0.29, 0.717) is 6.04 Å². The molecule has 0 aromatic carbocycles. The summed E-state index contributed by atoms with van der Waals surface area (Å²) in [7, 11) is 0. The average Bonchev–Trinajstić information content (AvgIpc) is 2.26. The zero-order chi connectivity index (χ0) is 10.3. The minimum absolute atomic E-state index is 0.182. The molecule has 2 aliphatic rings. The first-order valence-corrected chi connectivity index (χ1v) is 4.92. The zero-order valence-electron chi connectivity index (χ0n) is 8.49. The van der Waals surface area contributed by atoms with E-state index in [-0.39, 0.29) is 24.5 Å². The molecule has 2 fully saturated rings. The maximum absolute atomic E-state index is 11.3. The molecule has 3 amide bonds. The molecule has 0 bridgehead atoms. The van der Waals surface area contributed by atoms with Crippen molar-refractivity contribution >= 4 is 11.9 Å². The predicted octanol–water partition coefficient (Wildman–Crippen LogP) is -0.369. The SMILES string of the molecule is CC(C)N1CC(N2CC(=O)NC2=O)C1. The lowest BCUT2D eigenvalue weighted by Crippen LogP contribution is -2.61. The van der Waals surface area contributed by atoms with Gasteiger partial charge in [-0.25, -0.2) is 4.79 Å². The summed E-state index contributed by atoms with van der Waals surface area (Å²) < 4.78 is 0. The summed E-state index contributed by atoms with van der Waals surface area (Å²) in [5, 5.41) is 2.29. The molecule has 2 aliphatic heterocycles. The van der Waals surface area contributed by atoms with Crippen LogP contribution in [0.25, 0.3) is 0 Å². The number of hydrogen-bond donors (Lipinski definition) is 1. The second-order valence-electron chi connectivity index (χ2n) is 4.18. The molecule has 0 radical (unpaired) electrons. The van der Waals surface area contributed by atoms with E-state index in [1.54, 1.807) is 4.90 Å². The van der Waals surface area contributed by atoms with Crippen molar-refractivity contribution in [1.29, 1.82) is 0 Å². The molecule has 78 valence electrons. The molecule has 0 aliphatic carbocycles. The average molecular weight is 197 g/mol. The summed E-state index contributed by atoms with van der Waals surface area (Å²) in [5.41, 5.74) is 0. The van der Waals surface area contributed by atoms with E-state index in [0.717, 1.165) is 13.1 Å². The third-order valence-corrected chi connectivity index (χ3v) is 2.88. The van der Waals surface area contributed by atoms with Crippen molar-refractivity contribution in [2.24, 2.45) is 0 Å². The maximum Gasteiger partial charge on any atom is 0.324 e. The van der Waals surface area contributed by atoms with Gasteiger partial charge in [-0.15, -0.1) is 0 Å². The van der Waals surface area contributed by atoms with Crippen LogP contribution < -0.4 is 5.32 Å². The van der Waals surface area contributed by atoms with Gasteiger partial charge >= 0.3 is 6.03 Å². The Bertz CT molecular complexity index is 271. The van der Waals surface area contributed by atoms with Crippen molar-refractivity contribution in [2.75, 3.05) is 19.6 Å². The molecule has 2 heterocycles. The van der Waals surface area contributed by atoms with Gasteiger partial charge in [-0.2, -0.15) is 0 Å². The van der Waals surface area contributed by atoms with E-state index in [2.05, 4.69) is 24.1 Å². The summed E-state index contributed by atoms with van der Waals surface area (Å²) in [6.45, 7) is 6.27. The molecule has 0 atom stereocenters. The minimum Gasteiger partial charge on any atom is -0.310 e. The Balaban J connectivity index is 1.88. The fourth-order valence-electron chi connectivity index (χ4n) is 1.86. The maximum atomic E-state index is 11.3. The second kappa shape index (κ2) is 3.24. The number of imide groups is 1. The fourth-order valence-corrected chi connectivity index (χ4v) is 1.86. The highest BCUT2D eigenvalue weighted by Crippen LogP contribution is 2.19. The Hall–Kier alpha value is -1.10. The monoisotopic (exact) mass is 197 g/mol. The number of amides is 3. The van der Waals surface area contributed by atoms with E-state index in [4.69, 9.17) is 0 Å². The number of nitrogens with zero attached hydrogens (tertiary/aromatic N) is 2. The lowest BCUT2D eigenvalue weighted by Gasteiger charge is -2.45. The summed E-state index contributed by atoms with van der Waals surface area (Å²) in [4.78, 5) is 26.1. The van der Waals surface area contributed by atoms with Crippen molar-refractivity contribution < 1.29 is 9.59 Å². The van der Waals surface area contributed by atoms with Gasteiger partial charge in [0, 0.05) is 19.1 Å². The molecular formula is C9H15N3O2. The molecular weight excluding hydrogens is 182 g/mol. The van der Waals surface area contributed by atoms with Crippen molar-refractivity contribution in [1.82, 2.24) is 15.1 Å². The third kappa shape index (κ3) is 1.48. The Labute approximate surface area is 83.0 Å². The van der Waals surface area contributed by atoms with Crippen LogP contribution in [0.15, 0.2) is 0 Å². The van der Waals surface area contributed by atoms with Crippen molar-refractivity contribution in [2.45, 2.75) is 25.9 Å². The van der Waals surface area contributed by atoms with Gasteiger partial charge in [-0.05, 0) is 13.8 Å². The minimum atomic E-state index is -0.233. The fraction of sp³-hybridized carbons (Fsp3) is 0.778. The third-order valence-electron chi connectivity index (χ3n) is 2.88. The molecule has 14 heavy (non-hydrogen) atoms. The Morgan fingerprint density at radius 1 is 1.36 bits per heavy atom. The van der Waals surface area contributed by atoms with Crippen LogP contribution in [0.5, 0.6) is 0 Å². The van der Waals surface area contributed by atoms with Crippen molar-refractivity contribution in [3.8, 4) is 0 Å². The Kier molecular flexibility index (Phi) is 2.19. The normalized spacial score (nSPS) is 24.4. The summed E-state index contributed by atoms with van der Waals surface area (Å²) in [6, 6.07) is 0.514. The first kappa shape index (κ1) is 9.45. The first-order valence-electron chi connectivity index (χ1n) is 4.92. The molecule has 2 saturated heterocycles. The van der Waals surface area contributed by atoms with Gasteiger partial charge in [0.05, 0.1) is 6.04 Å². The number of hydrogen-bond acceptors (Lipinski definition) is 3. The van der Waals surface area contributed by atoms with Crippen LogP contribution in [-0.4, -0.2) is 53.5 Å². The van der Waals surface area contributed by atoms with Crippen LogP contribution in [0.1, 0.15) is 13.8 Å². The summed E-state index contributed by atoms with van der Waals surface area (Å²) in [6.07, 6.45) is 0. The highest BCUT2D eigenvalue weighted by atomic mass is 16.2. The molecule has 0 aromatic rings. The number of carbonyl (C=O) groups is 2. The Morgan fingerprint density at radius 2 is 2.00 bits per heavy atom. The lowest BCUT2D eigenvalue weighted by atomic mass is 10.1. The van der Waals surface area contributed by atoms with Gasteiger partial charge in [-0.3, -0.25) is 15.0 Å². The second-order valence-corrected chi connectivity index (χ2v) is 4.18. The van der Waals surface area contributed by atoms with Crippen molar-refractivity contribution in [3.05, 3.63) is 0 Å². The highest BCUT2D eigenvalue weighted by molar-refractivity contribution is 6.02. The van der Waals surface area contributed by atoms with Crippen molar-refractivity contribution in [3.63, 3.8) is 0 Å². The van der Waals surface area contributed by atoms with Crippen LogP contribution in [0, 0.1) is 0 Å². The van der Waals surface area contributed by atoms with E-state index >= 15 is 0 Å². The smallest absolute Gasteiger partial charge is 0.310 e. The molecule has 1 N–H and O–H groups in total. The van der Waals surface area contributed by atoms with E-state index in [1.165, 1.54) is 0 Å². The lowest BCUT2D eigenvalue weighted by molar-refractivity contribution is -0.118. The Morgan fingerprint density at radius 3 is 2.43 bits per heavy atom. The molecule has 5 nitrogen and oxygen atoms in total. The zero-order valence-corrected chi connectivity index (χ0v) is 8.49. The molecule has 2 rings (SSSR count). The highest BCUT2D eigenvalue weighted by Gasteiger charge is 2.39. The van der Waals surface area contributed by atoms with E-state index in [9.17, 15) is 9.59 Å². The van der Waals surface area contributed by atoms with E-state index in [1.807, 2.05) is 0 Å². The van der Waals surface area contributed by atoms with Gasteiger partial charge in [0.15, 0.2) is 0 Å². The van der Waals surface area contributed by atoms with Gasteiger partial charge in [0.25, 0.3) is 0 Å². The summed E-state index contributed by atoms with van der Waals surface area (Å²) >= 11 is 0. The number of likely N-dealkylation sites (tertiary alicyclic amines) is 1. The number of rotatable bonds is 2. The summed E-state index contributed by atoms with van der Waals surface area (Å²) in [5.74, 6) is -0.182. The van der Waals surface area contributed by atoms with Gasteiger partial charge in [0.2, 0.25) is 5.91 Å². The number of carbonyl (C=O) groups excluding carboxylic acids is 2.